The minimum absolute atomic E-state index is 0.727. The van der Waals surface area contributed by atoms with Crippen LogP contribution in [0.3, 0.4) is 0 Å². The Morgan fingerprint density at radius 3 is 1.46 bits per heavy atom. The second kappa shape index (κ2) is 20.9. The fraction of sp³-hybridized carbons (Fsp3) is 0.900. The van der Waals surface area contributed by atoms with Crippen LogP contribution in [0.15, 0.2) is 0 Å². The molecule has 0 aliphatic heterocycles. The summed E-state index contributed by atoms with van der Waals surface area (Å²) in [6, 6.07) is 0. The molecule has 0 radical (unpaired) electrons. The molecule has 6 heteroatoms. The number of primary amides is 1. The summed E-state index contributed by atoms with van der Waals surface area (Å²) in [5, 5.41) is 0. The Kier molecular flexibility index (Phi) is 20.7. The van der Waals surface area contributed by atoms with E-state index in [-0.39, 0.29) is 0 Å². The van der Waals surface area contributed by atoms with Crippen molar-refractivity contribution in [2.45, 2.75) is 110 Å². The zero-order valence-corrected chi connectivity index (χ0v) is 18.4. The summed E-state index contributed by atoms with van der Waals surface area (Å²) in [5.41, 5.74) is 4.84. The van der Waals surface area contributed by atoms with Gasteiger partial charge in [-0.25, -0.2) is 0 Å². The molecule has 0 fully saturated rings. The molecular weight excluding hydrogens is 364 g/mol. The highest BCUT2D eigenvalue weighted by Gasteiger charge is 2.07. The van der Waals surface area contributed by atoms with E-state index in [2.05, 4.69) is 11.6 Å². The molecular formula is C20H40N2O2S2. The van der Waals surface area contributed by atoms with E-state index >= 15 is 0 Å². The average molecular weight is 405 g/mol. The van der Waals surface area contributed by atoms with E-state index in [1.807, 2.05) is 0 Å². The lowest BCUT2D eigenvalue weighted by atomic mass is 10.0. The van der Waals surface area contributed by atoms with Crippen molar-refractivity contribution < 1.29 is 9.59 Å². The SMILES string of the molecule is CCCCCCCCCCCCCCCCCCSSNC(=O)C(N)=O. The highest BCUT2D eigenvalue weighted by Crippen LogP contribution is 2.20. The van der Waals surface area contributed by atoms with Gasteiger partial charge in [0.05, 0.1) is 0 Å². The highest BCUT2D eigenvalue weighted by molar-refractivity contribution is 8.76. The summed E-state index contributed by atoms with van der Waals surface area (Å²) < 4.78 is 2.40. The van der Waals surface area contributed by atoms with Crippen LogP contribution in [0.2, 0.25) is 0 Å². The van der Waals surface area contributed by atoms with Crippen LogP contribution in [0.25, 0.3) is 0 Å². The van der Waals surface area contributed by atoms with Gasteiger partial charge in [-0.1, -0.05) is 114 Å². The molecule has 0 atom stereocenters. The summed E-state index contributed by atoms with van der Waals surface area (Å²) in [6.07, 6.45) is 22.0. The molecule has 26 heavy (non-hydrogen) atoms. The summed E-state index contributed by atoms with van der Waals surface area (Å²) >= 11 is 0. The van der Waals surface area contributed by atoms with Gasteiger partial charge in [0, 0.05) is 16.7 Å². The molecule has 4 nitrogen and oxygen atoms in total. The Balaban J connectivity index is 3.05. The minimum atomic E-state index is -0.930. The molecule has 0 aliphatic carbocycles. The average Bonchev–Trinajstić information content (AvgIpc) is 2.63. The summed E-state index contributed by atoms with van der Waals surface area (Å²) in [7, 11) is 2.76. The molecule has 0 saturated carbocycles. The minimum Gasteiger partial charge on any atom is -0.361 e. The number of nitrogens with two attached hydrogens (primary N) is 1. The number of rotatable bonds is 19. The Labute approximate surface area is 169 Å². The Bertz CT molecular complexity index is 342. The molecule has 0 rings (SSSR count). The van der Waals surface area contributed by atoms with Crippen LogP contribution in [-0.2, 0) is 9.59 Å². The van der Waals surface area contributed by atoms with Crippen molar-refractivity contribution in [1.29, 1.82) is 0 Å². The first-order valence-corrected chi connectivity index (χ1v) is 12.9. The molecule has 0 aliphatic rings. The Morgan fingerprint density at radius 1 is 0.692 bits per heavy atom. The summed E-state index contributed by atoms with van der Waals surface area (Å²) in [6.45, 7) is 2.27. The van der Waals surface area contributed by atoms with Crippen LogP contribution < -0.4 is 10.5 Å². The van der Waals surface area contributed by atoms with Gasteiger partial charge in [0.2, 0.25) is 0 Å². The predicted octanol–water partition coefficient (Wildman–Crippen LogP) is 6.15. The Hall–Kier alpha value is -0.360. The number of hydrogen-bond acceptors (Lipinski definition) is 4. The zero-order chi connectivity index (χ0) is 19.3. The van der Waals surface area contributed by atoms with Gasteiger partial charge in [-0.15, -0.1) is 0 Å². The van der Waals surface area contributed by atoms with E-state index in [1.165, 1.54) is 107 Å². The molecule has 0 aromatic carbocycles. The molecule has 0 heterocycles. The molecule has 0 aromatic rings. The molecule has 0 aromatic heterocycles. The fourth-order valence-corrected chi connectivity index (χ4v) is 4.52. The third kappa shape index (κ3) is 20.0. The maximum Gasteiger partial charge on any atom is 0.319 e. The van der Waals surface area contributed by atoms with E-state index in [0.29, 0.717) is 0 Å². The van der Waals surface area contributed by atoms with Gasteiger partial charge in [-0.3, -0.25) is 14.3 Å². The first-order chi connectivity index (χ1) is 12.7. The molecule has 0 spiro atoms. The van der Waals surface area contributed by atoms with Gasteiger partial charge in [0.1, 0.15) is 0 Å². The van der Waals surface area contributed by atoms with Crippen LogP contribution in [-0.4, -0.2) is 17.6 Å². The van der Waals surface area contributed by atoms with Crippen molar-refractivity contribution in [3.05, 3.63) is 0 Å². The van der Waals surface area contributed by atoms with E-state index < -0.39 is 11.8 Å². The molecule has 0 unspecified atom stereocenters. The standard InChI is InChI=1S/C20H40N2O2S2/c1-2-3-4-5-6-7-8-9-10-11-12-13-14-15-16-17-18-25-26-22-20(24)19(21)23/h2-18H2,1H3,(H2,21,23)(H,22,24). The predicted molar refractivity (Wildman–Crippen MR) is 117 cm³/mol. The molecule has 3 N–H and O–H groups in total. The van der Waals surface area contributed by atoms with E-state index in [1.54, 1.807) is 10.8 Å². The first kappa shape index (κ1) is 25.6. The molecule has 2 amide bonds. The lowest BCUT2D eigenvalue weighted by Crippen LogP contribution is -2.31. The fourth-order valence-electron chi connectivity index (χ4n) is 2.87. The number of carbonyl (C=O) groups excluding carboxylic acids is 2. The van der Waals surface area contributed by atoms with Crippen molar-refractivity contribution in [3.63, 3.8) is 0 Å². The molecule has 0 bridgehead atoms. The number of amides is 2. The zero-order valence-electron chi connectivity index (χ0n) is 16.7. The highest BCUT2D eigenvalue weighted by atomic mass is 33.1. The second-order valence-corrected chi connectivity index (χ2v) is 9.23. The van der Waals surface area contributed by atoms with Gasteiger partial charge < -0.3 is 5.73 Å². The maximum atomic E-state index is 10.9. The number of hydrogen-bond donors (Lipinski definition) is 2. The third-order valence-electron chi connectivity index (χ3n) is 4.50. The van der Waals surface area contributed by atoms with Crippen molar-refractivity contribution in [3.8, 4) is 0 Å². The van der Waals surface area contributed by atoms with Crippen LogP contribution >= 0.6 is 21.8 Å². The maximum absolute atomic E-state index is 10.9. The third-order valence-corrected chi connectivity index (χ3v) is 6.44. The van der Waals surface area contributed by atoms with Crippen molar-refractivity contribution in [2.75, 3.05) is 5.75 Å². The number of nitrogens with one attached hydrogen (secondary N) is 1. The Morgan fingerprint density at radius 2 is 1.08 bits per heavy atom. The molecule has 154 valence electrons. The van der Waals surface area contributed by atoms with Crippen molar-refractivity contribution >= 4 is 33.6 Å². The molecule has 0 saturated heterocycles. The van der Waals surface area contributed by atoms with Gasteiger partial charge in [0.25, 0.3) is 0 Å². The van der Waals surface area contributed by atoms with Crippen LogP contribution in [0, 0.1) is 0 Å². The summed E-state index contributed by atoms with van der Waals surface area (Å²) in [5.74, 6) is -0.669. The number of unbranched alkanes of at least 4 members (excludes halogenated alkanes) is 15. The normalized spacial score (nSPS) is 10.8. The van der Waals surface area contributed by atoms with E-state index in [9.17, 15) is 9.59 Å². The topological polar surface area (TPSA) is 72.2 Å². The van der Waals surface area contributed by atoms with Gasteiger partial charge in [-0.2, -0.15) is 0 Å². The first-order valence-electron chi connectivity index (χ1n) is 10.6. The van der Waals surface area contributed by atoms with Crippen molar-refractivity contribution in [1.82, 2.24) is 4.72 Å². The monoisotopic (exact) mass is 404 g/mol. The van der Waals surface area contributed by atoms with Crippen LogP contribution in [0.5, 0.6) is 0 Å². The lowest BCUT2D eigenvalue weighted by Gasteiger charge is -2.04. The van der Waals surface area contributed by atoms with Gasteiger partial charge >= 0.3 is 11.8 Å². The largest absolute Gasteiger partial charge is 0.361 e. The lowest BCUT2D eigenvalue weighted by molar-refractivity contribution is -0.136. The second-order valence-electron chi connectivity index (χ2n) is 7.00. The van der Waals surface area contributed by atoms with E-state index in [4.69, 9.17) is 5.73 Å². The van der Waals surface area contributed by atoms with Crippen LogP contribution in [0.4, 0.5) is 0 Å². The van der Waals surface area contributed by atoms with Gasteiger partial charge in [-0.05, 0) is 6.42 Å². The van der Waals surface area contributed by atoms with E-state index in [0.717, 1.165) is 12.2 Å². The van der Waals surface area contributed by atoms with Gasteiger partial charge in [0.15, 0.2) is 0 Å². The smallest absolute Gasteiger partial charge is 0.319 e. The van der Waals surface area contributed by atoms with Crippen LogP contribution in [0.1, 0.15) is 110 Å². The number of carbonyl (C=O) groups is 2. The summed E-state index contributed by atoms with van der Waals surface area (Å²) in [4.78, 5) is 21.4. The van der Waals surface area contributed by atoms with Crippen molar-refractivity contribution in [2.24, 2.45) is 5.73 Å². The quantitative estimate of drug-likeness (QED) is 0.117.